The number of methoxy groups -OCH3 is 1. The molecule has 0 unspecified atom stereocenters. The number of esters is 1. The first-order valence-electron chi connectivity index (χ1n) is 15.8. The van der Waals surface area contributed by atoms with Gasteiger partial charge in [0, 0.05) is 22.6 Å². The van der Waals surface area contributed by atoms with Crippen LogP contribution in [0.5, 0.6) is 5.75 Å². The highest BCUT2D eigenvalue weighted by Crippen LogP contribution is 2.46. The Morgan fingerprint density at radius 1 is 1.16 bits per heavy atom. The van der Waals surface area contributed by atoms with E-state index in [1.54, 1.807) is 25.2 Å². The molecule has 0 radical (unpaired) electrons. The van der Waals surface area contributed by atoms with Crippen molar-refractivity contribution in [2.24, 2.45) is 0 Å². The van der Waals surface area contributed by atoms with Crippen LogP contribution >= 0.6 is 0 Å². The lowest BCUT2D eigenvalue weighted by atomic mass is 9.81. The first kappa shape index (κ1) is 33.2. The first-order chi connectivity index (χ1) is 23.7. The maximum Gasteiger partial charge on any atom is 0.471 e. The van der Waals surface area contributed by atoms with Crippen molar-refractivity contribution in [1.29, 1.82) is 0 Å². The molecular weight excluding hydrogens is 664 g/mol. The summed E-state index contributed by atoms with van der Waals surface area (Å²) in [6.07, 6.45) is -4.53. The molecule has 50 heavy (non-hydrogen) atoms. The Bertz CT molecular complexity index is 2230. The Morgan fingerprint density at radius 3 is 2.62 bits per heavy atom. The third kappa shape index (κ3) is 5.09. The maximum atomic E-state index is 15.2. The predicted octanol–water partition coefficient (Wildman–Crippen LogP) is 4.38. The number of rotatable bonds is 6. The number of cyclic esters (lactones) is 1. The maximum absolute atomic E-state index is 15.2. The smallest absolute Gasteiger partial charge is 0.471 e. The van der Waals surface area contributed by atoms with E-state index in [1.807, 2.05) is 0 Å². The lowest BCUT2D eigenvalue weighted by Crippen LogP contribution is -2.44. The molecule has 0 saturated heterocycles. The Labute approximate surface area is 281 Å². The van der Waals surface area contributed by atoms with Gasteiger partial charge in [-0.15, -0.1) is 0 Å². The van der Waals surface area contributed by atoms with Crippen molar-refractivity contribution in [3.8, 4) is 17.1 Å². The normalized spacial score (nSPS) is 19.0. The zero-order valence-corrected chi connectivity index (χ0v) is 27.0. The molecule has 2 aromatic carbocycles. The number of amides is 2. The minimum atomic E-state index is -5.11. The summed E-state index contributed by atoms with van der Waals surface area (Å²) in [4.78, 5) is 56.2. The van der Waals surface area contributed by atoms with Crippen molar-refractivity contribution < 1.29 is 46.5 Å². The van der Waals surface area contributed by atoms with Crippen molar-refractivity contribution in [1.82, 2.24) is 14.9 Å². The minimum Gasteiger partial charge on any atom is -0.495 e. The number of aromatic nitrogens is 2. The number of carbonyl (C=O) groups excluding carboxylic acids is 3. The lowest BCUT2D eigenvalue weighted by molar-refractivity contribution is -0.172. The topological polar surface area (TPSA) is 149 Å². The summed E-state index contributed by atoms with van der Waals surface area (Å²) in [5, 5.41) is 16.7. The van der Waals surface area contributed by atoms with Gasteiger partial charge in [0.25, 0.3) is 5.56 Å². The zero-order chi connectivity index (χ0) is 35.9. The first-order valence-corrected chi connectivity index (χ1v) is 15.8. The second-order valence-corrected chi connectivity index (χ2v) is 12.6. The fraction of sp³-hybridized carbons (Fsp3) is 0.343. The van der Waals surface area contributed by atoms with Crippen LogP contribution < -0.4 is 20.9 Å². The van der Waals surface area contributed by atoms with Crippen LogP contribution in [0.3, 0.4) is 0 Å². The van der Waals surface area contributed by atoms with E-state index in [4.69, 9.17) is 14.5 Å². The van der Waals surface area contributed by atoms with Gasteiger partial charge in [-0.25, -0.2) is 14.2 Å². The molecule has 260 valence electrons. The fourth-order valence-electron chi connectivity index (χ4n) is 7.27. The molecule has 1 aliphatic carbocycles. The summed E-state index contributed by atoms with van der Waals surface area (Å²) in [5.41, 5.74) is 1.47. The molecular formula is C35H30F4N4O7. The van der Waals surface area contributed by atoms with Crippen molar-refractivity contribution in [3.63, 3.8) is 0 Å². The van der Waals surface area contributed by atoms with Gasteiger partial charge in [0.15, 0.2) is 5.60 Å². The summed E-state index contributed by atoms with van der Waals surface area (Å²) < 4.78 is 65.4. The number of ether oxygens (including phenoxy) is 2. The number of fused-ring (bicyclic) bond motifs is 5. The van der Waals surface area contributed by atoms with Gasteiger partial charge in [0.2, 0.25) is 5.91 Å². The monoisotopic (exact) mass is 694 g/mol. The van der Waals surface area contributed by atoms with Gasteiger partial charge in [-0.05, 0) is 66.6 Å². The highest BCUT2D eigenvalue weighted by atomic mass is 19.4. The molecule has 15 heteroatoms. The molecule has 2 atom stereocenters. The van der Waals surface area contributed by atoms with E-state index in [9.17, 15) is 37.5 Å². The molecule has 0 saturated carbocycles. The average Bonchev–Trinajstić information content (AvgIpc) is 3.44. The van der Waals surface area contributed by atoms with E-state index < -0.39 is 47.0 Å². The average molecular weight is 695 g/mol. The van der Waals surface area contributed by atoms with Gasteiger partial charge >= 0.3 is 18.1 Å². The highest BCUT2D eigenvalue weighted by molar-refractivity contribution is 5.96. The summed E-state index contributed by atoms with van der Waals surface area (Å²) >= 11 is 0. The third-order valence-electron chi connectivity index (χ3n) is 9.85. The standard InChI is InChI=1S/C35H30F4N4O7/c1-4-34(48)20-11-25-30-18(13-43(25)31(45)19(20)14-50-33(34)47)29-23(8-6-17-15(2)21(36)12-24(41-30)28(17)29)40-27(44)10-16-5-7-22(26(9-16)49-3)42-32(46)35(37,38)39/h5,7,9,11-12,23,48H,4,6,8,10,13-14H2,1-3H3,(H,40,44)(H,42,46)/t23-,34-/m0/s1. The number of halogens is 4. The van der Waals surface area contributed by atoms with Gasteiger partial charge < -0.3 is 29.8 Å². The second kappa shape index (κ2) is 11.6. The molecule has 4 aromatic rings. The number of alkyl halides is 3. The van der Waals surface area contributed by atoms with Crippen molar-refractivity contribution >= 4 is 34.4 Å². The second-order valence-electron chi connectivity index (χ2n) is 12.6. The van der Waals surface area contributed by atoms with Gasteiger partial charge in [-0.1, -0.05) is 13.0 Å². The fourth-order valence-corrected chi connectivity index (χ4v) is 7.27. The van der Waals surface area contributed by atoms with Crippen LogP contribution in [-0.4, -0.2) is 45.7 Å². The van der Waals surface area contributed by atoms with E-state index in [-0.39, 0.29) is 48.6 Å². The van der Waals surface area contributed by atoms with Crippen molar-refractivity contribution in [2.75, 3.05) is 12.4 Å². The van der Waals surface area contributed by atoms with Crippen LogP contribution in [0, 0.1) is 12.7 Å². The molecule has 2 aromatic heterocycles. The number of anilines is 1. The molecule has 0 bridgehead atoms. The third-order valence-corrected chi connectivity index (χ3v) is 9.85. The quantitative estimate of drug-likeness (QED) is 0.175. The number of aryl methyl sites for hydroxylation is 1. The SMILES string of the molecule is CC[C@@]1(O)C(=O)OCc2c1cc1n(c2=O)Cc2c-1nc1cc(F)c(C)c3c1c2[C@@H](NC(=O)Cc1ccc(NC(=O)C(F)(F)F)c(OC)c1)CC3. The van der Waals surface area contributed by atoms with Crippen molar-refractivity contribution in [2.45, 2.75) is 70.5 Å². The summed E-state index contributed by atoms with van der Waals surface area (Å²) in [5.74, 6) is -3.99. The number of benzene rings is 2. The lowest BCUT2D eigenvalue weighted by Gasteiger charge is -2.31. The summed E-state index contributed by atoms with van der Waals surface area (Å²) in [7, 11) is 1.22. The van der Waals surface area contributed by atoms with E-state index in [1.165, 1.54) is 35.9 Å². The van der Waals surface area contributed by atoms with Crippen LogP contribution in [0.2, 0.25) is 0 Å². The van der Waals surface area contributed by atoms with Gasteiger partial charge in [-0.2, -0.15) is 13.2 Å². The predicted molar refractivity (Wildman–Crippen MR) is 170 cm³/mol. The van der Waals surface area contributed by atoms with Crippen LogP contribution in [0.4, 0.5) is 23.2 Å². The number of hydrogen-bond donors (Lipinski definition) is 3. The molecule has 11 nitrogen and oxygen atoms in total. The van der Waals surface area contributed by atoms with E-state index >= 15 is 4.39 Å². The van der Waals surface area contributed by atoms with E-state index in [0.717, 1.165) is 5.56 Å². The van der Waals surface area contributed by atoms with Crippen molar-refractivity contribution in [3.05, 3.63) is 85.4 Å². The number of nitrogens with zero attached hydrogens (tertiary/aromatic N) is 2. The molecule has 7 rings (SSSR count). The Kier molecular flexibility index (Phi) is 7.73. The van der Waals surface area contributed by atoms with Gasteiger partial charge in [0.1, 0.15) is 18.2 Å². The van der Waals surface area contributed by atoms with Crippen LogP contribution in [0.1, 0.15) is 64.8 Å². The largest absolute Gasteiger partial charge is 0.495 e. The highest BCUT2D eigenvalue weighted by Gasteiger charge is 2.46. The van der Waals surface area contributed by atoms with E-state index in [2.05, 4.69) is 5.32 Å². The molecule has 4 heterocycles. The van der Waals surface area contributed by atoms with Gasteiger partial charge in [-0.3, -0.25) is 14.4 Å². The number of carbonyl (C=O) groups is 3. The number of nitrogens with one attached hydrogen (secondary N) is 2. The zero-order valence-electron chi connectivity index (χ0n) is 27.0. The summed E-state index contributed by atoms with van der Waals surface area (Å²) in [6, 6.07) is 6.25. The van der Waals surface area contributed by atoms with E-state index in [0.29, 0.717) is 57.4 Å². The molecule has 2 aliphatic heterocycles. The van der Waals surface area contributed by atoms with Crippen LogP contribution in [0.25, 0.3) is 22.3 Å². The molecule has 3 N–H and O–H groups in total. The van der Waals surface area contributed by atoms with Crippen LogP contribution in [0.15, 0.2) is 35.1 Å². The molecule has 2 amide bonds. The van der Waals surface area contributed by atoms with Crippen LogP contribution in [-0.2, 0) is 50.7 Å². The minimum absolute atomic E-state index is 0.0380. The molecule has 3 aliphatic rings. The van der Waals surface area contributed by atoms with Gasteiger partial charge in [0.05, 0.1) is 54.3 Å². The Hall–Kier alpha value is -5.31. The molecule has 0 fully saturated rings. The number of aliphatic hydroxyl groups is 1. The Morgan fingerprint density at radius 2 is 1.92 bits per heavy atom. The number of pyridine rings is 2. The Balaban J connectivity index is 1.27. The number of hydrogen-bond acceptors (Lipinski definition) is 8. The molecule has 0 spiro atoms. The summed E-state index contributed by atoms with van der Waals surface area (Å²) in [6.45, 7) is 3.03.